The molecule has 1 aliphatic rings. The number of halogens is 3. The molecule has 0 aliphatic carbocycles. The fraction of sp³-hybridized carbons (Fsp3) is 0.111. The molecule has 3 rings (SSSR count). The van der Waals surface area contributed by atoms with Crippen molar-refractivity contribution in [2.75, 3.05) is 0 Å². The summed E-state index contributed by atoms with van der Waals surface area (Å²) in [6.07, 6.45) is -3.62. The van der Waals surface area contributed by atoms with E-state index in [2.05, 4.69) is 4.99 Å². The highest BCUT2D eigenvalue weighted by Crippen LogP contribution is 2.33. The first-order valence-electron chi connectivity index (χ1n) is 7.61. The molecule has 138 valence electrons. The van der Waals surface area contributed by atoms with E-state index in [0.717, 1.165) is 12.1 Å². The zero-order valence-corrected chi connectivity index (χ0v) is 13.8. The molecule has 0 saturated heterocycles. The van der Waals surface area contributed by atoms with E-state index in [1.165, 1.54) is 43.3 Å². The van der Waals surface area contributed by atoms with Gasteiger partial charge in [-0.05, 0) is 30.7 Å². The smallest absolute Gasteiger partial charge is 0.402 e. The minimum absolute atomic E-state index is 0.189. The van der Waals surface area contributed by atoms with Crippen LogP contribution in [0.5, 0.6) is 0 Å². The summed E-state index contributed by atoms with van der Waals surface area (Å²) in [5.74, 6) is -1.13. The predicted molar refractivity (Wildman–Crippen MR) is 89.9 cm³/mol. The van der Waals surface area contributed by atoms with Gasteiger partial charge in [0.15, 0.2) is 5.70 Å². The molecule has 0 radical (unpaired) electrons. The Bertz CT molecular complexity index is 1010. The number of nitrogens with zero attached hydrogens (tertiary/aromatic N) is 2. The lowest BCUT2D eigenvalue weighted by Gasteiger charge is -2.09. The number of hydrogen-bond acceptors (Lipinski definition) is 5. The first-order valence-corrected chi connectivity index (χ1v) is 7.61. The van der Waals surface area contributed by atoms with E-state index >= 15 is 0 Å². The zero-order valence-electron chi connectivity index (χ0n) is 13.8. The van der Waals surface area contributed by atoms with Crippen molar-refractivity contribution in [3.63, 3.8) is 0 Å². The average Bonchev–Trinajstić information content (AvgIpc) is 2.95. The van der Waals surface area contributed by atoms with Crippen molar-refractivity contribution in [1.82, 2.24) is 0 Å². The van der Waals surface area contributed by atoms with Gasteiger partial charge in [-0.15, -0.1) is 0 Å². The normalized spacial score (nSPS) is 15.6. The van der Waals surface area contributed by atoms with Crippen molar-refractivity contribution in [1.29, 1.82) is 0 Å². The standard InChI is InChI=1S/C18H11F3N2O4/c1-10-12(6-4-8-15(10)23(25)26)16-22-14(17(24)27-16)9-11-5-2-3-7-13(11)18(19,20)21/h2-9H,1H3. The summed E-state index contributed by atoms with van der Waals surface area (Å²) in [6.45, 7) is 1.46. The molecule has 9 heteroatoms. The van der Waals surface area contributed by atoms with Crippen LogP contribution in [-0.2, 0) is 15.7 Å². The van der Waals surface area contributed by atoms with Gasteiger partial charge in [-0.2, -0.15) is 13.2 Å². The maximum absolute atomic E-state index is 13.1. The van der Waals surface area contributed by atoms with Crippen LogP contribution in [0.1, 0.15) is 22.3 Å². The lowest BCUT2D eigenvalue weighted by molar-refractivity contribution is -0.385. The molecule has 0 unspecified atom stereocenters. The second-order valence-electron chi connectivity index (χ2n) is 5.63. The van der Waals surface area contributed by atoms with Crippen molar-refractivity contribution in [2.45, 2.75) is 13.1 Å². The summed E-state index contributed by atoms with van der Waals surface area (Å²) in [4.78, 5) is 26.4. The fourth-order valence-corrected chi connectivity index (χ4v) is 2.61. The Balaban J connectivity index is 2.06. The van der Waals surface area contributed by atoms with Crippen LogP contribution in [0, 0.1) is 17.0 Å². The van der Waals surface area contributed by atoms with Crippen molar-refractivity contribution < 1.29 is 27.6 Å². The zero-order chi connectivity index (χ0) is 19.8. The van der Waals surface area contributed by atoms with Gasteiger partial charge in [-0.25, -0.2) is 9.79 Å². The van der Waals surface area contributed by atoms with Gasteiger partial charge in [-0.3, -0.25) is 10.1 Å². The van der Waals surface area contributed by atoms with Gasteiger partial charge in [0, 0.05) is 17.2 Å². The summed E-state index contributed by atoms with van der Waals surface area (Å²) in [5.41, 5.74) is -1.23. The molecule has 0 aromatic heterocycles. The fourth-order valence-electron chi connectivity index (χ4n) is 2.61. The SMILES string of the molecule is Cc1c(C2=NC(=Cc3ccccc3C(F)(F)F)C(=O)O2)cccc1[N+](=O)[O-]. The highest BCUT2D eigenvalue weighted by Gasteiger charge is 2.33. The monoisotopic (exact) mass is 376 g/mol. The second-order valence-corrected chi connectivity index (χ2v) is 5.63. The van der Waals surface area contributed by atoms with Gasteiger partial charge in [0.1, 0.15) is 0 Å². The number of aliphatic imine (C=N–C) groups is 1. The van der Waals surface area contributed by atoms with Crippen LogP contribution in [0.2, 0.25) is 0 Å². The number of benzene rings is 2. The number of ether oxygens (including phenoxy) is 1. The molecule has 1 aliphatic heterocycles. The van der Waals surface area contributed by atoms with Crippen LogP contribution in [0.3, 0.4) is 0 Å². The third-order valence-electron chi connectivity index (χ3n) is 3.91. The third kappa shape index (κ3) is 3.57. The maximum Gasteiger partial charge on any atom is 0.416 e. The molecule has 0 atom stereocenters. The van der Waals surface area contributed by atoms with Crippen LogP contribution >= 0.6 is 0 Å². The molecule has 6 nitrogen and oxygen atoms in total. The Hall–Kier alpha value is -3.49. The van der Waals surface area contributed by atoms with E-state index < -0.39 is 22.6 Å². The molecule has 0 saturated carbocycles. The third-order valence-corrected chi connectivity index (χ3v) is 3.91. The summed E-state index contributed by atoms with van der Waals surface area (Å²) in [6, 6.07) is 8.89. The largest absolute Gasteiger partial charge is 0.416 e. The second kappa shape index (κ2) is 6.67. The number of cyclic esters (lactones) is 1. The van der Waals surface area contributed by atoms with Crippen molar-refractivity contribution in [2.24, 2.45) is 4.99 Å². The van der Waals surface area contributed by atoms with Gasteiger partial charge in [0.2, 0.25) is 5.90 Å². The molecule has 0 bridgehead atoms. The van der Waals surface area contributed by atoms with E-state index in [1.54, 1.807) is 0 Å². The average molecular weight is 376 g/mol. The first-order chi connectivity index (χ1) is 12.7. The number of carbonyl (C=O) groups excluding carboxylic acids is 1. The summed E-state index contributed by atoms with van der Waals surface area (Å²) >= 11 is 0. The molecular weight excluding hydrogens is 365 g/mol. The van der Waals surface area contributed by atoms with E-state index in [-0.39, 0.29) is 34.0 Å². The number of hydrogen-bond donors (Lipinski definition) is 0. The lowest BCUT2D eigenvalue weighted by Crippen LogP contribution is -2.09. The molecular formula is C18H11F3N2O4. The number of nitro groups is 1. The van der Waals surface area contributed by atoms with Crippen molar-refractivity contribution in [3.05, 3.63) is 80.5 Å². The molecule has 27 heavy (non-hydrogen) atoms. The molecule has 1 heterocycles. The first kappa shape index (κ1) is 18.3. The van der Waals surface area contributed by atoms with Gasteiger partial charge in [0.05, 0.1) is 10.5 Å². The Morgan fingerprint density at radius 3 is 2.52 bits per heavy atom. The van der Waals surface area contributed by atoms with Crippen molar-refractivity contribution in [3.8, 4) is 0 Å². The van der Waals surface area contributed by atoms with Gasteiger partial charge in [0.25, 0.3) is 5.69 Å². The number of esters is 1. The van der Waals surface area contributed by atoms with Crippen LogP contribution in [-0.4, -0.2) is 16.8 Å². The maximum atomic E-state index is 13.1. The van der Waals surface area contributed by atoms with Crippen LogP contribution in [0.25, 0.3) is 6.08 Å². The van der Waals surface area contributed by atoms with Crippen LogP contribution in [0.4, 0.5) is 18.9 Å². The van der Waals surface area contributed by atoms with E-state index in [9.17, 15) is 28.1 Å². The molecule has 0 spiro atoms. The Morgan fingerprint density at radius 1 is 1.15 bits per heavy atom. The van der Waals surface area contributed by atoms with E-state index in [1.807, 2.05) is 0 Å². The number of carbonyl (C=O) groups is 1. The van der Waals surface area contributed by atoms with Crippen LogP contribution < -0.4 is 0 Å². The van der Waals surface area contributed by atoms with E-state index in [4.69, 9.17) is 4.74 Å². The van der Waals surface area contributed by atoms with Crippen LogP contribution in [0.15, 0.2) is 53.2 Å². The minimum Gasteiger partial charge on any atom is -0.402 e. The number of nitro benzene ring substituents is 1. The Kier molecular flexibility index (Phi) is 4.52. The number of rotatable bonds is 3. The predicted octanol–water partition coefficient (Wildman–Crippen LogP) is 4.27. The summed E-state index contributed by atoms with van der Waals surface area (Å²) < 4.78 is 44.3. The summed E-state index contributed by atoms with van der Waals surface area (Å²) in [7, 11) is 0. The highest BCUT2D eigenvalue weighted by atomic mass is 19.4. The Labute approximate surface area is 150 Å². The topological polar surface area (TPSA) is 81.8 Å². The molecule has 0 fully saturated rings. The molecule has 0 amide bonds. The highest BCUT2D eigenvalue weighted by molar-refractivity contribution is 6.13. The number of alkyl halides is 3. The lowest BCUT2D eigenvalue weighted by atomic mass is 10.1. The molecule has 2 aromatic rings. The molecule has 2 aromatic carbocycles. The molecule has 0 N–H and O–H groups in total. The van der Waals surface area contributed by atoms with Crippen molar-refractivity contribution >= 4 is 23.6 Å². The Morgan fingerprint density at radius 2 is 1.85 bits per heavy atom. The quantitative estimate of drug-likeness (QED) is 0.347. The van der Waals surface area contributed by atoms with Gasteiger partial charge < -0.3 is 4.74 Å². The van der Waals surface area contributed by atoms with Gasteiger partial charge in [-0.1, -0.05) is 24.3 Å². The summed E-state index contributed by atoms with van der Waals surface area (Å²) in [5, 5.41) is 11.0. The minimum atomic E-state index is -4.60. The van der Waals surface area contributed by atoms with E-state index in [0.29, 0.717) is 0 Å². The van der Waals surface area contributed by atoms with Gasteiger partial charge >= 0.3 is 12.1 Å².